The van der Waals surface area contributed by atoms with Crippen molar-refractivity contribution in [3.63, 3.8) is 0 Å². The molecule has 0 saturated heterocycles. The van der Waals surface area contributed by atoms with E-state index >= 15 is 0 Å². The van der Waals surface area contributed by atoms with Crippen LogP contribution < -0.4 is 10.2 Å². The van der Waals surface area contributed by atoms with Crippen LogP contribution in [0.25, 0.3) is 0 Å². The lowest BCUT2D eigenvalue weighted by Crippen LogP contribution is -2.48. The molecule has 1 aromatic heterocycles. The van der Waals surface area contributed by atoms with Gasteiger partial charge in [0.25, 0.3) is 11.6 Å². The van der Waals surface area contributed by atoms with E-state index in [-0.39, 0.29) is 16.7 Å². The van der Waals surface area contributed by atoms with Gasteiger partial charge < -0.3 is 4.90 Å². The number of rotatable bonds is 5. The highest BCUT2D eigenvalue weighted by Crippen LogP contribution is 2.61. The summed E-state index contributed by atoms with van der Waals surface area (Å²) in [5.41, 5.74) is 0.886. The number of benzene rings is 1. The molecule has 158 valence electrons. The van der Waals surface area contributed by atoms with Gasteiger partial charge in [-0.3, -0.25) is 20.2 Å². The smallest absolute Gasteiger partial charge is 0.270 e. The number of aromatic nitrogens is 2. The van der Waals surface area contributed by atoms with Gasteiger partial charge in [0.05, 0.1) is 10.5 Å². The molecular weight excluding hydrogens is 402 g/mol. The third kappa shape index (κ3) is 3.25. The van der Waals surface area contributed by atoms with Gasteiger partial charge in [-0.25, -0.2) is 0 Å². The first-order chi connectivity index (χ1) is 14.3. The summed E-state index contributed by atoms with van der Waals surface area (Å²) in [6, 6.07) is 4.31. The van der Waals surface area contributed by atoms with Gasteiger partial charge >= 0.3 is 0 Å². The Balaban J connectivity index is 1.39. The van der Waals surface area contributed by atoms with Gasteiger partial charge in [-0.1, -0.05) is 11.3 Å². The second-order valence-electron chi connectivity index (χ2n) is 9.42. The van der Waals surface area contributed by atoms with Gasteiger partial charge in [-0.2, -0.15) is 0 Å². The van der Waals surface area contributed by atoms with Crippen molar-refractivity contribution >= 4 is 33.8 Å². The van der Waals surface area contributed by atoms with E-state index in [0.717, 1.165) is 22.8 Å². The highest BCUT2D eigenvalue weighted by atomic mass is 32.1. The third-order valence-electron chi connectivity index (χ3n) is 7.05. The molecule has 4 fully saturated rings. The third-order valence-corrected chi connectivity index (χ3v) is 8.14. The number of hydrogen-bond donors (Lipinski definition) is 1. The van der Waals surface area contributed by atoms with E-state index in [2.05, 4.69) is 15.5 Å². The molecule has 9 heteroatoms. The van der Waals surface area contributed by atoms with Crippen LogP contribution in [0.2, 0.25) is 0 Å². The van der Waals surface area contributed by atoms with Crippen molar-refractivity contribution < 1.29 is 9.72 Å². The van der Waals surface area contributed by atoms with Crippen LogP contribution in [0.1, 0.15) is 53.9 Å². The van der Waals surface area contributed by atoms with Crippen molar-refractivity contribution in [1.82, 2.24) is 10.2 Å². The number of carbonyl (C=O) groups is 1. The number of nitro benzene ring substituents is 1. The minimum atomic E-state index is -0.494. The van der Waals surface area contributed by atoms with Crippen molar-refractivity contribution in [2.24, 2.45) is 17.8 Å². The Morgan fingerprint density at radius 3 is 2.37 bits per heavy atom. The highest BCUT2D eigenvalue weighted by Gasteiger charge is 2.53. The van der Waals surface area contributed by atoms with Gasteiger partial charge in [-0.15, -0.1) is 10.2 Å². The Labute approximate surface area is 178 Å². The first kappa shape index (κ1) is 19.4. The molecule has 1 aromatic carbocycles. The Kier molecular flexibility index (Phi) is 4.53. The minimum absolute atomic E-state index is 0.114. The summed E-state index contributed by atoms with van der Waals surface area (Å²) in [6.07, 6.45) is 7.66. The molecule has 1 amide bonds. The van der Waals surface area contributed by atoms with Crippen LogP contribution in [0.3, 0.4) is 0 Å². The lowest BCUT2D eigenvalue weighted by atomic mass is 9.50. The molecule has 4 aliphatic rings. The molecule has 4 bridgehead atoms. The van der Waals surface area contributed by atoms with Crippen LogP contribution in [0.5, 0.6) is 0 Å². The predicted molar refractivity (Wildman–Crippen MR) is 115 cm³/mol. The zero-order valence-electron chi connectivity index (χ0n) is 17.1. The maximum Gasteiger partial charge on any atom is 0.270 e. The monoisotopic (exact) mass is 427 g/mol. The predicted octanol–water partition coefficient (Wildman–Crippen LogP) is 4.23. The number of anilines is 2. The molecule has 4 saturated carbocycles. The molecule has 0 radical (unpaired) electrons. The minimum Gasteiger partial charge on any atom is -0.377 e. The number of hydrogen-bond acceptors (Lipinski definition) is 7. The average molecular weight is 428 g/mol. The van der Waals surface area contributed by atoms with E-state index in [1.165, 1.54) is 62.0 Å². The molecule has 30 heavy (non-hydrogen) atoms. The van der Waals surface area contributed by atoms with Crippen molar-refractivity contribution in [3.05, 3.63) is 38.9 Å². The SMILES string of the molecule is CN(C)c1ccc([N+](=O)[O-])cc1C(=O)Nc1nnc(C23CC4CC(CC(C4)C2)C3)s1. The van der Waals surface area contributed by atoms with Crippen LogP contribution in [-0.2, 0) is 5.41 Å². The summed E-state index contributed by atoms with van der Waals surface area (Å²) < 4.78 is 0. The molecular formula is C21H25N5O3S. The fourth-order valence-corrected chi connectivity index (χ4v) is 7.19. The normalized spacial score (nSPS) is 29.1. The molecule has 4 aliphatic carbocycles. The van der Waals surface area contributed by atoms with Crippen molar-refractivity contribution in [2.75, 3.05) is 24.3 Å². The molecule has 0 spiro atoms. The largest absolute Gasteiger partial charge is 0.377 e. The van der Waals surface area contributed by atoms with Crippen molar-refractivity contribution in [2.45, 2.75) is 43.9 Å². The lowest BCUT2D eigenvalue weighted by molar-refractivity contribution is -0.384. The van der Waals surface area contributed by atoms with Crippen molar-refractivity contribution in [1.29, 1.82) is 0 Å². The van der Waals surface area contributed by atoms with Crippen LogP contribution >= 0.6 is 11.3 Å². The fraction of sp³-hybridized carbons (Fsp3) is 0.571. The molecule has 6 rings (SSSR count). The quantitative estimate of drug-likeness (QED) is 0.566. The van der Waals surface area contributed by atoms with Crippen LogP contribution in [0.4, 0.5) is 16.5 Å². The first-order valence-corrected chi connectivity index (χ1v) is 11.3. The van der Waals surface area contributed by atoms with Crippen LogP contribution in [0, 0.1) is 27.9 Å². The van der Waals surface area contributed by atoms with Gasteiger partial charge in [0.15, 0.2) is 0 Å². The second-order valence-corrected chi connectivity index (χ2v) is 10.4. The number of nitrogens with one attached hydrogen (secondary N) is 1. The number of nitro groups is 1. The molecule has 1 heterocycles. The summed E-state index contributed by atoms with van der Waals surface area (Å²) in [7, 11) is 3.60. The van der Waals surface area contributed by atoms with E-state index in [0.29, 0.717) is 10.8 Å². The van der Waals surface area contributed by atoms with E-state index in [1.54, 1.807) is 25.1 Å². The van der Waals surface area contributed by atoms with Gasteiger partial charge in [0, 0.05) is 37.3 Å². The number of nitrogens with zero attached hydrogens (tertiary/aromatic N) is 4. The maximum absolute atomic E-state index is 12.9. The first-order valence-electron chi connectivity index (χ1n) is 10.4. The van der Waals surface area contributed by atoms with E-state index in [4.69, 9.17) is 0 Å². The number of amides is 1. The molecule has 0 atom stereocenters. The summed E-state index contributed by atoms with van der Waals surface area (Å²) in [5, 5.41) is 24.2. The van der Waals surface area contributed by atoms with Crippen LogP contribution in [-0.4, -0.2) is 35.1 Å². The van der Waals surface area contributed by atoms with E-state index < -0.39 is 10.8 Å². The highest BCUT2D eigenvalue weighted by molar-refractivity contribution is 7.15. The topological polar surface area (TPSA) is 101 Å². The summed E-state index contributed by atoms with van der Waals surface area (Å²) >= 11 is 1.47. The summed E-state index contributed by atoms with van der Waals surface area (Å²) in [5.74, 6) is 2.03. The zero-order valence-corrected chi connectivity index (χ0v) is 17.9. The summed E-state index contributed by atoms with van der Waals surface area (Å²) in [4.78, 5) is 25.4. The Morgan fingerprint density at radius 1 is 1.17 bits per heavy atom. The lowest BCUT2D eigenvalue weighted by Gasteiger charge is -2.55. The second kappa shape index (κ2) is 7.01. The molecule has 8 nitrogen and oxygen atoms in total. The Morgan fingerprint density at radius 2 is 1.80 bits per heavy atom. The van der Waals surface area contributed by atoms with E-state index in [1.807, 2.05) is 0 Å². The fourth-order valence-electron chi connectivity index (χ4n) is 6.23. The van der Waals surface area contributed by atoms with Gasteiger partial charge in [0.2, 0.25) is 5.13 Å². The average Bonchev–Trinajstić information content (AvgIpc) is 3.15. The maximum atomic E-state index is 12.9. The molecule has 0 unspecified atom stereocenters. The Bertz CT molecular complexity index is 983. The zero-order chi connectivity index (χ0) is 21.0. The Hall–Kier alpha value is -2.55. The van der Waals surface area contributed by atoms with Crippen molar-refractivity contribution in [3.8, 4) is 0 Å². The number of non-ortho nitro benzene ring substituents is 1. The summed E-state index contributed by atoms with van der Waals surface area (Å²) in [6.45, 7) is 0. The standard InChI is InChI=1S/C21H25N5O3S/c1-25(2)17-4-3-15(26(28)29)8-16(17)18(27)22-20-24-23-19(30-20)21-9-12-5-13(10-21)7-14(6-12)11-21/h3-4,8,12-14H,5-7,9-11H2,1-2H3,(H,22,24,27). The van der Waals surface area contributed by atoms with Crippen LogP contribution in [0.15, 0.2) is 18.2 Å². The molecule has 1 N–H and O–H groups in total. The van der Waals surface area contributed by atoms with E-state index in [9.17, 15) is 14.9 Å². The number of carbonyl (C=O) groups excluding carboxylic acids is 1. The van der Waals surface area contributed by atoms with Gasteiger partial charge in [-0.05, 0) is 62.3 Å². The molecule has 0 aliphatic heterocycles. The molecule has 2 aromatic rings. The van der Waals surface area contributed by atoms with Gasteiger partial charge in [0.1, 0.15) is 5.01 Å².